The molecular weight excluding hydrogens is 208 g/mol. The Balaban J connectivity index is 1.96. The molecule has 0 unspecified atom stereocenters. The number of unbranched alkanes of at least 4 members (excludes halogenated alkanes) is 2. The van der Waals surface area contributed by atoms with Gasteiger partial charge in [0.05, 0.1) is 0 Å². The molecule has 0 fully saturated rings. The van der Waals surface area contributed by atoms with Gasteiger partial charge >= 0.3 is 0 Å². The smallest absolute Gasteiger partial charge is 0.146 e. The monoisotopic (exact) mass is 220 g/mol. The van der Waals surface area contributed by atoms with Crippen LogP contribution in [0.1, 0.15) is 26.2 Å². The molecule has 0 spiro atoms. The summed E-state index contributed by atoms with van der Waals surface area (Å²) in [5.74, 6) is 1.22. The predicted octanol–water partition coefficient (Wildman–Crippen LogP) is 3.47. The number of rotatable bonds is 6. The van der Waals surface area contributed by atoms with E-state index in [2.05, 4.69) is 17.1 Å². The Morgan fingerprint density at radius 1 is 1.50 bits per heavy atom. The second kappa shape index (κ2) is 6.74. The Labute approximate surface area is 85.0 Å². The molecular formula is C7H12N2S3. The van der Waals surface area contributed by atoms with Crippen molar-refractivity contribution in [1.82, 2.24) is 10.2 Å². The zero-order chi connectivity index (χ0) is 8.65. The third kappa shape index (κ3) is 4.33. The Morgan fingerprint density at radius 2 is 2.42 bits per heavy atom. The topological polar surface area (TPSA) is 25.8 Å². The molecule has 0 saturated heterocycles. The fourth-order valence-corrected chi connectivity index (χ4v) is 3.65. The summed E-state index contributed by atoms with van der Waals surface area (Å²) >= 11 is 1.61. The third-order valence-corrected chi connectivity index (χ3v) is 4.76. The zero-order valence-corrected chi connectivity index (χ0v) is 9.47. The van der Waals surface area contributed by atoms with Gasteiger partial charge in [-0.25, -0.2) is 0 Å². The lowest BCUT2D eigenvalue weighted by molar-refractivity contribution is 0.779. The average molecular weight is 220 g/mol. The molecule has 0 saturated carbocycles. The fraction of sp³-hybridized carbons (Fsp3) is 0.714. The van der Waals surface area contributed by atoms with Crippen LogP contribution in [-0.4, -0.2) is 16.0 Å². The molecule has 5 heteroatoms. The lowest BCUT2D eigenvalue weighted by atomic mass is 10.3. The summed E-state index contributed by atoms with van der Waals surface area (Å²) in [4.78, 5) is 0. The van der Waals surface area contributed by atoms with Crippen molar-refractivity contribution in [2.45, 2.75) is 30.5 Å². The van der Waals surface area contributed by atoms with Gasteiger partial charge in [0.25, 0.3) is 0 Å². The second-order valence-corrected chi connectivity index (χ2v) is 5.81. The second-order valence-electron chi connectivity index (χ2n) is 2.32. The quantitative estimate of drug-likeness (QED) is 0.541. The van der Waals surface area contributed by atoms with E-state index >= 15 is 0 Å². The standard InChI is InChI=1S/C7H12N2S3/c1-2-3-4-5-11-12-7-9-8-6-10-7/h6H,2-5H2,1H3. The Hall–Kier alpha value is 0.260. The van der Waals surface area contributed by atoms with E-state index in [9.17, 15) is 0 Å². The maximum absolute atomic E-state index is 3.94. The highest BCUT2D eigenvalue weighted by Crippen LogP contribution is 2.32. The number of hydrogen-bond donors (Lipinski definition) is 0. The van der Waals surface area contributed by atoms with E-state index in [1.165, 1.54) is 25.0 Å². The summed E-state index contributed by atoms with van der Waals surface area (Å²) in [6.07, 6.45) is 3.95. The minimum atomic E-state index is 1.07. The van der Waals surface area contributed by atoms with Crippen molar-refractivity contribution in [3.8, 4) is 0 Å². The van der Waals surface area contributed by atoms with Crippen molar-refractivity contribution in [3.63, 3.8) is 0 Å². The van der Waals surface area contributed by atoms with Gasteiger partial charge in [0.2, 0.25) is 0 Å². The van der Waals surface area contributed by atoms with Gasteiger partial charge in [-0.15, -0.1) is 10.2 Å². The summed E-state index contributed by atoms with van der Waals surface area (Å²) < 4.78 is 1.07. The molecule has 0 aliphatic carbocycles. The van der Waals surface area contributed by atoms with E-state index in [0.29, 0.717) is 0 Å². The van der Waals surface area contributed by atoms with Gasteiger partial charge in [0, 0.05) is 5.75 Å². The summed E-state index contributed by atoms with van der Waals surface area (Å²) in [5.41, 5.74) is 1.77. The number of hydrogen-bond acceptors (Lipinski definition) is 5. The highest BCUT2D eigenvalue weighted by atomic mass is 33.1. The molecule has 1 aromatic heterocycles. The van der Waals surface area contributed by atoms with Crippen molar-refractivity contribution in [3.05, 3.63) is 5.51 Å². The van der Waals surface area contributed by atoms with Crippen molar-refractivity contribution >= 4 is 32.9 Å². The lowest BCUT2D eigenvalue weighted by Crippen LogP contribution is -1.76. The van der Waals surface area contributed by atoms with Gasteiger partial charge in [0.1, 0.15) is 5.51 Å². The van der Waals surface area contributed by atoms with Crippen LogP contribution in [0.25, 0.3) is 0 Å². The largest absolute Gasteiger partial charge is 0.184 e. The van der Waals surface area contributed by atoms with Crippen LogP contribution in [0.2, 0.25) is 0 Å². The molecule has 1 rings (SSSR count). The molecule has 0 aliphatic rings. The van der Waals surface area contributed by atoms with Crippen LogP contribution < -0.4 is 0 Å². The minimum absolute atomic E-state index is 1.07. The number of aromatic nitrogens is 2. The molecule has 0 radical (unpaired) electrons. The van der Waals surface area contributed by atoms with Crippen LogP contribution in [0.3, 0.4) is 0 Å². The van der Waals surface area contributed by atoms with Gasteiger partial charge in [0.15, 0.2) is 4.34 Å². The normalized spacial score (nSPS) is 10.4. The number of nitrogens with zero attached hydrogens (tertiary/aromatic N) is 2. The van der Waals surface area contributed by atoms with E-state index in [1.807, 2.05) is 10.8 Å². The first-order valence-electron chi connectivity index (χ1n) is 3.99. The Morgan fingerprint density at radius 3 is 3.08 bits per heavy atom. The fourth-order valence-electron chi connectivity index (χ4n) is 0.702. The molecule has 0 aliphatic heterocycles. The summed E-state index contributed by atoms with van der Waals surface area (Å²) in [5, 5.41) is 7.72. The zero-order valence-electron chi connectivity index (χ0n) is 7.02. The average Bonchev–Trinajstić information content (AvgIpc) is 2.57. The van der Waals surface area contributed by atoms with Gasteiger partial charge < -0.3 is 0 Å². The van der Waals surface area contributed by atoms with Gasteiger partial charge in [-0.05, 0) is 17.2 Å². The van der Waals surface area contributed by atoms with Gasteiger partial charge in [-0.2, -0.15) is 0 Å². The predicted molar refractivity (Wildman–Crippen MR) is 57.7 cm³/mol. The van der Waals surface area contributed by atoms with E-state index in [1.54, 1.807) is 27.6 Å². The molecule has 2 nitrogen and oxygen atoms in total. The minimum Gasteiger partial charge on any atom is -0.146 e. The first kappa shape index (κ1) is 10.3. The molecule has 0 atom stereocenters. The van der Waals surface area contributed by atoms with Crippen LogP contribution in [0.5, 0.6) is 0 Å². The van der Waals surface area contributed by atoms with E-state index in [4.69, 9.17) is 0 Å². The van der Waals surface area contributed by atoms with Crippen LogP contribution in [-0.2, 0) is 0 Å². The van der Waals surface area contributed by atoms with Crippen LogP contribution in [0, 0.1) is 0 Å². The van der Waals surface area contributed by atoms with Crippen LogP contribution in [0.4, 0.5) is 0 Å². The molecule has 0 amide bonds. The Bertz CT molecular complexity index is 189. The van der Waals surface area contributed by atoms with Crippen LogP contribution in [0.15, 0.2) is 9.85 Å². The highest BCUT2D eigenvalue weighted by Gasteiger charge is 1.96. The van der Waals surface area contributed by atoms with Crippen molar-refractivity contribution in [2.24, 2.45) is 0 Å². The van der Waals surface area contributed by atoms with Crippen molar-refractivity contribution in [2.75, 3.05) is 5.75 Å². The van der Waals surface area contributed by atoms with E-state index < -0.39 is 0 Å². The highest BCUT2D eigenvalue weighted by molar-refractivity contribution is 8.77. The van der Waals surface area contributed by atoms with Gasteiger partial charge in [-0.3, -0.25) is 0 Å². The molecule has 0 bridgehead atoms. The van der Waals surface area contributed by atoms with Crippen molar-refractivity contribution in [1.29, 1.82) is 0 Å². The first-order chi connectivity index (χ1) is 5.93. The molecule has 68 valence electrons. The lowest BCUT2D eigenvalue weighted by Gasteiger charge is -1.95. The SMILES string of the molecule is CCCCCSSc1nncs1. The molecule has 1 aromatic rings. The summed E-state index contributed by atoms with van der Waals surface area (Å²) in [6.45, 7) is 2.22. The van der Waals surface area contributed by atoms with Crippen LogP contribution >= 0.6 is 32.9 Å². The molecule has 0 aromatic carbocycles. The van der Waals surface area contributed by atoms with Crippen molar-refractivity contribution < 1.29 is 0 Å². The maximum Gasteiger partial charge on any atom is 0.184 e. The van der Waals surface area contributed by atoms with Gasteiger partial charge in [-0.1, -0.05) is 41.9 Å². The Kier molecular flexibility index (Phi) is 5.81. The maximum atomic E-state index is 3.94. The first-order valence-corrected chi connectivity index (χ1v) is 7.19. The molecule has 0 N–H and O–H groups in total. The molecule has 1 heterocycles. The molecule has 12 heavy (non-hydrogen) atoms. The van der Waals surface area contributed by atoms with E-state index in [-0.39, 0.29) is 0 Å². The summed E-state index contributed by atoms with van der Waals surface area (Å²) in [7, 11) is 3.61. The third-order valence-electron chi connectivity index (χ3n) is 1.30. The summed E-state index contributed by atoms with van der Waals surface area (Å²) in [6, 6.07) is 0. The van der Waals surface area contributed by atoms with E-state index in [0.717, 1.165) is 4.34 Å².